The fraction of sp³-hybridized carbons (Fsp3) is 0.409. The van der Waals surface area contributed by atoms with Crippen LogP contribution >= 0.6 is 0 Å². The summed E-state index contributed by atoms with van der Waals surface area (Å²) in [5.74, 6) is -0.0507. The number of fused-ring (bicyclic) bond motifs is 1. The standard InChI is InChI=1S/C22H24F3N5O3/c1-32-8-7-29-12-17(19(13-29)33-2)28-21(31)16-9-18-14(10-26-16)5-6-30(18)20-4-3-15(11-27-20)22(23,24)25/h3-6,9-11,17,19H,7-8,12-13H2,1-2H3,(H,28,31)/t17-,19-/m1/s1. The van der Waals surface area contributed by atoms with Gasteiger partial charge in [0.15, 0.2) is 0 Å². The Hall–Kier alpha value is -3.02. The van der Waals surface area contributed by atoms with Crippen molar-refractivity contribution >= 4 is 16.8 Å². The molecule has 0 saturated carbocycles. The molecule has 0 spiro atoms. The molecule has 176 valence electrons. The van der Waals surface area contributed by atoms with Gasteiger partial charge >= 0.3 is 6.18 Å². The molecule has 0 bridgehead atoms. The molecule has 1 amide bonds. The van der Waals surface area contributed by atoms with Gasteiger partial charge in [-0.25, -0.2) is 4.98 Å². The number of hydrogen-bond donors (Lipinski definition) is 1. The average molecular weight is 463 g/mol. The highest BCUT2D eigenvalue weighted by atomic mass is 19.4. The van der Waals surface area contributed by atoms with Crippen LogP contribution < -0.4 is 5.32 Å². The predicted octanol–water partition coefficient (Wildman–Crippen LogP) is 2.51. The van der Waals surface area contributed by atoms with Gasteiger partial charge in [0.1, 0.15) is 11.5 Å². The topological polar surface area (TPSA) is 81.5 Å². The number of pyridine rings is 2. The fourth-order valence-electron chi connectivity index (χ4n) is 3.92. The molecule has 0 aliphatic carbocycles. The van der Waals surface area contributed by atoms with E-state index in [4.69, 9.17) is 9.47 Å². The highest BCUT2D eigenvalue weighted by Gasteiger charge is 2.34. The quantitative estimate of drug-likeness (QED) is 0.580. The largest absolute Gasteiger partial charge is 0.417 e. The monoisotopic (exact) mass is 463 g/mol. The molecule has 1 aliphatic rings. The highest BCUT2D eigenvalue weighted by molar-refractivity contribution is 5.96. The van der Waals surface area contributed by atoms with Gasteiger partial charge in [0.25, 0.3) is 5.91 Å². The minimum Gasteiger partial charge on any atom is -0.383 e. The van der Waals surface area contributed by atoms with E-state index in [0.29, 0.717) is 31.0 Å². The molecule has 4 heterocycles. The summed E-state index contributed by atoms with van der Waals surface area (Å²) < 4.78 is 50.8. The van der Waals surface area contributed by atoms with Crippen LogP contribution in [0.3, 0.4) is 0 Å². The lowest BCUT2D eigenvalue weighted by atomic mass is 10.2. The lowest BCUT2D eigenvalue weighted by Gasteiger charge is -2.18. The fourth-order valence-corrected chi connectivity index (χ4v) is 3.92. The van der Waals surface area contributed by atoms with Gasteiger partial charge in [-0.2, -0.15) is 13.2 Å². The van der Waals surface area contributed by atoms with Crippen LogP contribution in [0, 0.1) is 0 Å². The molecular formula is C22H24F3N5O3. The summed E-state index contributed by atoms with van der Waals surface area (Å²) in [5.41, 5.74) is -0.0216. The maximum atomic E-state index is 12.9. The van der Waals surface area contributed by atoms with Gasteiger partial charge in [0, 0.05) is 57.8 Å². The summed E-state index contributed by atoms with van der Waals surface area (Å²) in [4.78, 5) is 23.3. The molecule has 4 rings (SSSR count). The van der Waals surface area contributed by atoms with Crippen molar-refractivity contribution in [3.8, 4) is 5.82 Å². The molecular weight excluding hydrogens is 439 g/mol. The molecule has 1 N–H and O–H groups in total. The van der Waals surface area contributed by atoms with Gasteiger partial charge in [-0.15, -0.1) is 0 Å². The van der Waals surface area contributed by atoms with Crippen LogP contribution in [-0.4, -0.2) is 77.9 Å². The molecule has 33 heavy (non-hydrogen) atoms. The Labute approximate surface area is 188 Å². The zero-order chi connectivity index (χ0) is 23.6. The van der Waals surface area contributed by atoms with Crippen molar-refractivity contribution in [1.82, 2.24) is 24.8 Å². The van der Waals surface area contributed by atoms with Crippen molar-refractivity contribution in [2.75, 3.05) is 40.5 Å². The van der Waals surface area contributed by atoms with Crippen LogP contribution in [0.5, 0.6) is 0 Å². The maximum Gasteiger partial charge on any atom is 0.417 e. The van der Waals surface area contributed by atoms with Crippen molar-refractivity contribution < 1.29 is 27.4 Å². The predicted molar refractivity (Wildman–Crippen MR) is 114 cm³/mol. The number of aromatic nitrogens is 3. The number of ether oxygens (including phenoxy) is 2. The number of hydrogen-bond acceptors (Lipinski definition) is 6. The molecule has 0 unspecified atom stereocenters. The Morgan fingerprint density at radius 3 is 2.67 bits per heavy atom. The molecule has 0 radical (unpaired) electrons. The van der Waals surface area contributed by atoms with Crippen LogP contribution in [0.25, 0.3) is 16.7 Å². The number of nitrogens with zero attached hydrogens (tertiary/aromatic N) is 4. The number of halogens is 3. The Kier molecular flexibility index (Phi) is 6.63. The van der Waals surface area contributed by atoms with Gasteiger partial charge in [-0.3, -0.25) is 14.7 Å². The molecule has 1 aliphatic heterocycles. The minimum atomic E-state index is -4.46. The van der Waals surface area contributed by atoms with Crippen LogP contribution in [-0.2, 0) is 15.7 Å². The number of alkyl halides is 3. The van der Waals surface area contributed by atoms with Gasteiger partial charge in [-0.1, -0.05) is 0 Å². The molecule has 2 atom stereocenters. The first-order chi connectivity index (χ1) is 15.8. The zero-order valence-electron chi connectivity index (χ0n) is 18.2. The van der Waals surface area contributed by atoms with Crippen molar-refractivity contribution in [3.05, 3.63) is 54.1 Å². The smallest absolute Gasteiger partial charge is 0.383 e. The van der Waals surface area contributed by atoms with Crippen LogP contribution in [0.2, 0.25) is 0 Å². The van der Waals surface area contributed by atoms with E-state index < -0.39 is 11.7 Å². The molecule has 1 saturated heterocycles. The highest BCUT2D eigenvalue weighted by Crippen LogP contribution is 2.29. The second-order valence-electron chi connectivity index (χ2n) is 7.82. The van der Waals surface area contributed by atoms with E-state index in [1.54, 1.807) is 43.3 Å². The number of methoxy groups -OCH3 is 2. The van der Waals surface area contributed by atoms with E-state index in [9.17, 15) is 18.0 Å². The third-order valence-corrected chi connectivity index (χ3v) is 5.70. The molecule has 3 aromatic rings. The van der Waals surface area contributed by atoms with Crippen LogP contribution in [0.15, 0.2) is 42.9 Å². The zero-order valence-corrected chi connectivity index (χ0v) is 18.2. The van der Waals surface area contributed by atoms with Gasteiger partial charge in [0.05, 0.1) is 29.8 Å². The second-order valence-corrected chi connectivity index (χ2v) is 7.82. The second kappa shape index (κ2) is 9.46. The molecule has 0 aromatic carbocycles. The average Bonchev–Trinajstić information content (AvgIpc) is 3.40. The Bertz CT molecular complexity index is 1120. The van der Waals surface area contributed by atoms with E-state index in [1.165, 1.54) is 6.07 Å². The van der Waals surface area contributed by atoms with Crippen molar-refractivity contribution in [2.45, 2.75) is 18.3 Å². The SMILES string of the molecule is COCCN1C[C@@H](NC(=O)c2cc3c(ccn3-c3ccc(C(F)(F)F)cn3)cn2)[C@H](OC)C1. The number of carbonyl (C=O) groups is 1. The van der Waals surface area contributed by atoms with Crippen molar-refractivity contribution in [1.29, 1.82) is 0 Å². The van der Waals surface area contributed by atoms with E-state index in [2.05, 4.69) is 20.2 Å². The van der Waals surface area contributed by atoms with Gasteiger partial charge in [0.2, 0.25) is 0 Å². The van der Waals surface area contributed by atoms with Gasteiger partial charge < -0.3 is 19.4 Å². The first-order valence-corrected chi connectivity index (χ1v) is 10.4. The van der Waals surface area contributed by atoms with Crippen LogP contribution in [0.4, 0.5) is 13.2 Å². The Morgan fingerprint density at radius 2 is 2.00 bits per heavy atom. The van der Waals surface area contributed by atoms with Crippen LogP contribution in [0.1, 0.15) is 16.1 Å². The van der Waals surface area contributed by atoms with Gasteiger partial charge in [-0.05, 0) is 24.3 Å². The molecule has 11 heteroatoms. The van der Waals surface area contributed by atoms with E-state index in [0.717, 1.165) is 24.2 Å². The minimum absolute atomic E-state index is 0.158. The van der Waals surface area contributed by atoms with Crippen molar-refractivity contribution in [2.24, 2.45) is 0 Å². The summed E-state index contributed by atoms with van der Waals surface area (Å²) in [7, 11) is 3.25. The summed E-state index contributed by atoms with van der Waals surface area (Å²) in [6.45, 7) is 2.63. The number of carbonyl (C=O) groups excluding carboxylic acids is 1. The number of amides is 1. The summed E-state index contributed by atoms with van der Waals surface area (Å²) in [6, 6.07) is 5.42. The summed E-state index contributed by atoms with van der Waals surface area (Å²) in [6.07, 6.45) is -0.600. The van der Waals surface area contributed by atoms with E-state index in [1.807, 2.05) is 0 Å². The first-order valence-electron chi connectivity index (χ1n) is 10.4. The first kappa shape index (κ1) is 23.1. The third-order valence-electron chi connectivity index (χ3n) is 5.70. The summed E-state index contributed by atoms with van der Waals surface area (Å²) in [5, 5.41) is 3.72. The number of rotatable bonds is 7. The maximum absolute atomic E-state index is 12.9. The lowest BCUT2D eigenvalue weighted by molar-refractivity contribution is -0.137. The Morgan fingerprint density at radius 1 is 1.18 bits per heavy atom. The molecule has 3 aromatic heterocycles. The molecule has 1 fully saturated rings. The third kappa shape index (κ3) is 5.00. The van der Waals surface area contributed by atoms with Crippen molar-refractivity contribution in [3.63, 3.8) is 0 Å². The molecule has 8 nitrogen and oxygen atoms in total. The number of likely N-dealkylation sites (tertiary alicyclic amines) is 1. The Balaban J connectivity index is 1.54. The van der Waals surface area contributed by atoms with E-state index >= 15 is 0 Å². The lowest BCUT2D eigenvalue weighted by Crippen LogP contribution is -2.43. The normalized spacial score (nSPS) is 19.3. The number of nitrogens with one attached hydrogen (secondary N) is 1. The summed E-state index contributed by atoms with van der Waals surface area (Å²) >= 11 is 0. The van der Waals surface area contributed by atoms with E-state index in [-0.39, 0.29) is 23.7 Å².